The van der Waals surface area contributed by atoms with Crippen LogP contribution in [0.1, 0.15) is 19.4 Å². The second-order valence-corrected chi connectivity index (χ2v) is 7.36. The SMILES string of the molecule is CN=C(NCCNC(=O)C(C)C)N1CCN(Cc2cc(OC)ccc2OC)CC1.I. The lowest BCUT2D eigenvalue weighted by Gasteiger charge is -2.36. The van der Waals surface area contributed by atoms with Crippen LogP contribution in [0, 0.1) is 5.92 Å². The lowest BCUT2D eigenvalue weighted by Crippen LogP contribution is -2.53. The first-order valence-corrected chi connectivity index (χ1v) is 10.1. The predicted octanol–water partition coefficient (Wildman–Crippen LogP) is 1.79. The maximum atomic E-state index is 11.6. The summed E-state index contributed by atoms with van der Waals surface area (Å²) in [6.07, 6.45) is 0. The van der Waals surface area contributed by atoms with E-state index in [0.717, 1.165) is 55.7 Å². The molecule has 0 spiro atoms. The number of aliphatic imine (C=N–C) groups is 1. The van der Waals surface area contributed by atoms with Crippen LogP contribution in [0.3, 0.4) is 0 Å². The van der Waals surface area contributed by atoms with Gasteiger partial charge < -0.3 is 25.0 Å². The lowest BCUT2D eigenvalue weighted by molar-refractivity contribution is -0.123. The lowest BCUT2D eigenvalue weighted by atomic mass is 10.1. The Balaban J connectivity index is 0.00000450. The van der Waals surface area contributed by atoms with Gasteiger partial charge in [-0.2, -0.15) is 0 Å². The summed E-state index contributed by atoms with van der Waals surface area (Å²) in [6, 6.07) is 5.91. The number of nitrogens with zero attached hydrogens (tertiary/aromatic N) is 3. The molecule has 1 heterocycles. The number of benzene rings is 1. The van der Waals surface area contributed by atoms with Gasteiger partial charge in [-0.1, -0.05) is 13.8 Å². The maximum Gasteiger partial charge on any atom is 0.222 e. The molecule has 0 bridgehead atoms. The van der Waals surface area contributed by atoms with Crippen LogP contribution in [0.15, 0.2) is 23.2 Å². The third-order valence-electron chi connectivity index (χ3n) is 5.00. The summed E-state index contributed by atoms with van der Waals surface area (Å²) < 4.78 is 10.8. The van der Waals surface area contributed by atoms with E-state index < -0.39 is 0 Å². The predicted molar refractivity (Wildman–Crippen MR) is 131 cm³/mol. The summed E-state index contributed by atoms with van der Waals surface area (Å²) in [7, 11) is 5.17. The fourth-order valence-corrected chi connectivity index (χ4v) is 3.26. The average Bonchev–Trinajstić information content (AvgIpc) is 2.74. The van der Waals surface area contributed by atoms with Crippen molar-refractivity contribution in [2.45, 2.75) is 20.4 Å². The van der Waals surface area contributed by atoms with E-state index in [4.69, 9.17) is 9.47 Å². The van der Waals surface area contributed by atoms with Crippen molar-refractivity contribution in [3.05, 3.63) is 23.8 Å². The summed E-state index contributed by atoms with van der Waals surface area (Å²) >= 11 is 0. The van der Waals surface area contributed by atoms with Crippen LogP contribution >= 0.6 is 24.0 Å². The minimum Gasteiger partial charge on any atom is -0.497 e. The molecule has 1 aliphatic rings. The topological polar surface area (TPSA) is 78.4 Å². The Morgan fingerprint density at radius 1 is 1.10 bits per heavy atom. The summed E-state index contributed by atoms with van der Waals surface area (Å²) in [5.41, 5.74) is 1.13. The van der Waals surface area contributed by atoms with Crippen molar-refractivity contribution in [3.63, 3.8) is 0 Å². The minimum absolute atomic E-state index is 0. The van der Waals surface area contributed by atoms with Gasteiger partial charge in [-0.15, -0.1) is 24.0 Å². The number of nitrogens with one attached hydrogen (secondary N) is 2. The van der Waals surface area contributed by atoms with Gasteiger partial charge >= 0.3 is 0 Å². The molecule has 30 heavy (non-hydrogen) atoms. The first kappa shape index (κ1) is 26.3. The second-order valence-electron chi connectivity index (χ2n) is 7.36. The number of piperazine rings is 1. The van der Waals surface area contributed by atoms with Crippen molar-refractivity contribution in [2.75, 3.05) is 60.5 Å². The van der Waals surface area contributed by atoms with Crippen LogP contribution in [0.5, 0.6) is 11.5 Å². The Hall–Kier alpha value is -1.75. The minimum atomic E-state index is 0. The van der Waals surface area contributed by atoms with Crippen molar-refractivity contribution < 1.29 is 14.3 Å². The van der Waals surface area contributed by atoms with Crippen LogP contribution in [-0.4, -0.2) is 82.2 Å². The fourth-order valence-electron chi connectivity index (χ4n) is 3.26. The average molecular weight is 533 g/mol. The van der Waals surface area contributed by atoms with Crippen LogP contribution in [0.2, 0.25) is 0 Å². The van der Waals surface area contributed by atoms with Gasteiger partial charge in [0.15, 0.2) is 5.96 Å². The number of halogens is 1. The highest BCUT2D eigenvalue weighted by Crippen LogP contribution is 2.25. The van der Waals surface area contributed by atoms with E-state index in [-0.39, 0.29) is 35.8 Å². The number of amides is 1. The first-order chi connectivity index (χ1) is 14.0. The highest BCUT2D eigenvalue weighted by molar-refractivity contribution is 14.0. The van der Waals surface area contributed by atoms with Crippen LogP contribution in [0.25, 0.3) is 0 Å². The number of carbonyl (C=O) groups excluding carboxylic acids is 1. The molecule has 0 saturated carbocycles. The van der Waals surface area contributed by atoms with E-state index in [1.165, 1.54) is 0 Å². The monoisotopic (exact) mass is 533 g/mol. The number of carbonyl (C=O) groups is 1. The summed E-state index contributed by atoms with van der Waals surface area (Å²) in [4.78, 5) is 20.7. The molecule has 1 aromatic rings. The zero-order chi connectivity index (χ0) is 21.2. The molecule has 0 radical (unpaired) electrons. The largest absolute Gasteiger partial charge is 0.497 e. The van der Waals surface area contributed by atoms with Crippen LogP contribution in [-0.2, 0) is 11.3 Å². The van der Waals surface area contributed by atoms with E-state index in [2.05, 4.69) is 25.4 Å². The first-order valence-electron chi connectivity index (χ1n) is 10.1. The number of hydrogen-bond acceptors (Lipinski definition) is 5. The van der Waals surface area contributed by atoms with Gasteiger partial charge in [0.05, 0.1) is 14.2 Å². The molecule has 1 aliphatic heterocycles. The Kier molecular flexibility index (Phi) is 11.9. The normalized spacial score (nSPS) is 14.9. The van der Waals surface area contributed by atoms with E-state index in [9.17, 15) is 4.79 Å². The van der Waals surface area contributed by atoms with Crippen molar-refractivity contribution in [1.29, 1.82) is 0 Å². The van der Waals surface area contributed by atoms with Crippen molar-refractivity contribution in [1.82, 2.24) is 20.4 Å². The number of hydrogen-bond donors (Lipinski definition) is 2. The highest BCUT2D eigenvalue weighted by atomic mass is 127. The van der Waals surface area contributed by atoms with E-state index in [1.807, 2.05) is 32.0 Å². The Morgan fingerprint density at radius 2 is 1.77 bits per heavy atom. The quantitative estimate of drug-likeness (QED) is 0.230. The van der Waals surface area contributed by atoms with Gasteiger partial charge in [-0.05, 0) is 18.2 Å². The molecule has 1 saturated heterocycles. The molecule has 0 atom stereocenters. The summed E-state index contributed by atoms with van der Waals surface area (Å²) in [5, 5.41) is 6.25. The number of rotatable bonds is 8. The van der Waals surface area contributed by atoms with Gasteiger partial charge in [0.2, 0.25) is 5.91 Å². The van der Waals surface area contributed by atoms with Crippen LogP contribution in [0.4, 0.5) is 0 Å². The molecule has 1 aromatic carbocycles. The standard InChI is InChI=1S/C21H35N5O3.HI/c1-16(2)20(27)23-8-9-24-21(22-3)26-12-10-25(11-13-26)15-17-14-18(28-4)6-7-19(17)29-5;/h6-7,14,16H,8-13,15H2,1-5H3,(H,22,24)(H,23,27);1H. The van der Waals surface area contributed by atoms with Crippen molar-refractivity contribution >= 4 is 35.8 Å². The molecule has 1 amide bonds. The molecule has 2 N–H and O–H groups in total. The van der Waals surface area contributed by atoms with E-state index in [0.29, 0.717) is 13.1 Å². The van der Waals surface area contributed by atoms with E-state index in [1.54, 1.807) is 21.3 Å². The summed E-state index contributed by atoms with van der Waals surface area (Å²) in [5.74, 6) is 2.68. The molecule has 0 aliphatic carbocycles. The number of ether oxygens (including phenoxy) is 2. The van der Waals surface area contributed by atoms with Gasteiger partial charge in [0, 0.05) is 64.3 Å². The van der Waals surface area contributed by atoms with Gasteiger partial charge in [0.1, 0.15) is 11.5 Å². The molecule has 2 rings (SSSR count). The molecular weight excluding hydrogens is 497 g/mol. The molecule has 0 unspecified atom stereocenters. The van der Waals surface area contributed by atoms with Gasteiger partial charge in [0.25, 0.3) is 0 Å². The van der Waals surface area contributed by atoms with Gasteiger partial charge in [-0.3, -0.25) is 14.7 Å². The highest BCUT2D eigenvalue weighted by Gasteiger charge is 2.20. The van der Waals surface area contributed by atoms with Gasteiger partial charge in [-0.25, -0.2) is 0 Å². The zero-order valence-corrected chi connectivity index (χ0v) is 21.1. The third-order valence-corrected chi connectivity index (χ3v) is 5.00. The zero-order valence-electron chi connectivity index (χ0n) is 18.7. The Labute approximate surface area is 197 Å². The molecule has 8 nitrogen and oxygen atoms in total. The molecular formula is C21H36IN5O3. The molecule has 0 aromatic heterocycles. The maximum absolute atomic E-state index is 11.6. The van der Waals surface area contributed by atoms with Crippen molar-refractivity contribution in [2.24, 2.45) is 10.9 Å². The number of guanidine groups is 1. The van der Waals surface area contributed by atoms with Crippen molar-refractivity contribution in [3.8, 4) is 11.5 Å². The Bertz CT molecular complexity index is 691. The summed E-state index contributed by atoms with van der Waals surface area (Å²) in [6.45, 7) is 9.51. The smallest absolute Gasteiger partial charge is 0.222 e. The fraction of sp³-hybridized carbons (Fsp3) is 0.619. The molecule has 1 fully saturated rings. The van der Waals surface area contributed by atoms with Crippen LogP contribution < -0.4 is 20.1 Å². The van der Waals surface area contributed by atoms with E-state index >= 15 is 0 Å². The third kappa shape index (κ3) is 7.82. The Morgan fingerprint density at radius 3 is 2.33 bits per heavy atom. The molecule has 9 heteroatoms. The second kappa shape index (κ2) is 13.5. The number of methoxy groups -OCH3 is 2. The molecule has 170 valence electrons.